The van der Waals surface area contributed by atoms with Crippen LogP contribution in [0.5, 0.6) is 0 Å². The number of carbonyl (C=O) groups excluding carboxylic acids is 2. The van der Waals surface area contributed by atoms with Crippen LogP contribution in [-0.4, -0.2) is 50.4 Å². The van der Waals surface area contributed by atoms with Crippen LogP contribution >= 0.6 is 0 Å². The third-order valence-corrected chi connectivity index (χ3v) is 3.78. The fourth-order valence-corrected chi connectivity index (χ4v) is 2.43. The molecule has 0 saturated heterocycles. The number of carbonyl (C=O) groups is 2. The molecular formula is C17H27N3O2. The smallest absolute Gasteiger partial charge is 0.233 e. The standard InChI is InChI=1S/C17H27N3O2/c1-13(2)15(14-8-6-5-7-9-14)10-20(11-16(21)18-3)12-17(22)19-4/h5-9,13,15H,10-12H2,1-4H3,(H,18,21)(H,19,22)/t15-/m0/s1. The van der Waals surface area contributed by atoms with E-state index in [0.29, 0.717) is 12.5 Å². The van der Waals surface area contributed by atoms with E-state index in [0.717, 1.165) is 0 Å². The molecule has 0 spiro atoms. The van der Waals surface area contributed by atoms with Crippen molar-refractivity contribution in [1.82, 2.24) is 15.5 Å². The predicted octanol–water partition coefficient (Wildman–Crippen LogP) is 1.22. The molecule has 0 saturated carbocycles. The number of likely N-dealkylation sites (N-methyl/N-ethyl adjacent to an activating group) is 2. The molecule has 1 rings (SSSR count). The zero-order valence-electron chi connectivity index (χ0n) is 13.9. The lowest BCUT2D eigenvalue weighted by atomic mass is 9.88. The Morgan fingerprint density at radius 1 is 1.00 bits per heavy atom. The summed E-state index contributed by atoms with van der Waals surface area (Å²) in [5, 5.41) is 5.23. The number of nitrogens with one attached hydrogen (secondary N) is 2. The lowest BCUT2D eigenvalue weighted by Crippen LogP contribution is -2.43. The predicted molar refractivity (Wildman–Crippen MR) is 88.6 cm³/mol. The van der Waals surface area contributed by atoms with E-state index in [9.17, 15) is 9.59 Å². The van der Waals surface area contributed by atoms with Crippen molar-refractivity contribution in [2.75, 3.05) is 33.7 Å². The van der Waals surface area contributed by atoms with Crippen molar-refractivity contribution >= 4 is 11.8 Å². The van der Waals surface area contributed by atoms with Crippen LogP contribution in [0.2, 0.25) is 0 Å². The summed E-state index contributed by atoms with van der Waals surface area (Å²) in [7, 11) is 3.22. The zero-order chi connectivity index (χ0) is 16.5. The van der Waals surface area contributed by atoms with Crippen LogP contribution in [0.3, 0.4) is 0 Å². The first-order chi connectivity index (χ1) is 10.5. The second-order valence-electron chi connectivity index (χ2n) is 5.78. The molecule has 0 unspecified atom stereocenters. The molecule has 5 heteroatoms. The molecule has 0 fully saturated rings. The van der Waals surface area contributed by atoms with Crippen molar-refractivity contribution in [1.29, 1.82) is 0 Å². The Morgan fingerprint density at radius 2 is 1.50 bits per heavy atom. The van der Waals surface area contributed by atoms with Gasteiger partial charge in [0.05, 0.1) is 13.1 Å². The minimum Gasteiger partial charge on any atom is -0.358 e. The fraction of sp³-hybridized carbons (Fsp3) is 0.529. The van der Waals surface area contributed by atoms with Crippen molar-refractivity contribution in [3.8, 4) is 0 Å². The summed E-state index contributed by atoms with van der Waals surface area (Å²) in [6, 6.07) is 10.2. The second-order valence-corrected chi connectivity index (χ2v) is 5.78. The maximum absolute atomic E-state index is 11.7. The van der Waals surface area contributed by atoms with Crippen molar-refractivity contribution < 1.29 is 9.59 Å². The number of nitrogens with zero attached hydrogens (tertiary/aromatic N) is 1. The van der Waals surface area contributed by atoms with Crippen molar-refractivity contribution in [2.45, 2.75) is 19.8 Å². The average molecular weight is 305 g/mol. The highest BCUT2D eigenvalue weighted by molar-refractivity contribution is 5.80. The van der Waals surface area contributed by atoms with Gasteiger partial charge in [0.1, 0.15) is 0 Å². The first-order valence-corrected chi connectivity index (χ1v) is 7.66. The van der Waals surface area contributed by atoms with Gasteiger partial charge in [0, 0.05) is 20.6 Å². The zero-order valence-corrected chi connectivity index (χ0v) is 13.9. The average Bonchev–Trinajstić information content (AvgIpc) is 2.52. The Kier molecular flexibility index (Phi) is 7.60. The highest BCUT2D eigenvalue weighted by atomic mass is 16.2. The molecule has 1 aromatic rings. The fourth-order valence-electron chi connectivity index (χ4n) is 2.43. The molecule has 5 nitrogen and oxygen atoms in total. The molecule has 22 heavy (non-hydrogen) atoms. The molecule has 0 heterocycles. The van der Waals surface area contributed by atoms with Crippen LogP contribution < -0.4 is 10.6 Å². The van der Waals surface area contributed by atoms with Crippen LogP contribution in [0.25, 0.3) is 0 Å². The lowest BCUT2D eigenvalue weighted by molar-refractivity contribution is -0.124. The second kappa shape index (κ2) is 9.20. The molecule has 2 amide bonds. The van der Waals surface area contributed by atoms with E-state index < -0.39 is 0 Å². The maximum atomic E-state index is 11.7. The van der Waals surface area contributed by atoms with Gasteiger partial charge in [-0.2, -0.15) is 0 Å². The molecule has 1 atom stereocenters. The van der Waals surface area contributed by atoms with Gasteiger partial charge >= 0.3 is 0 Å². The highest BCUT2D eigenvalue weighted by Crippen LogP contribution is 2.25. The Balaban J connectivity index is 2.87. The summed E-state index contributed by atoms with van der Waals surface area (Å²) in [5.74, 6) is 0.522. The van der Waals surface area contributed by atoms with Gasteiger partial charge < -0.3 is 10.6 Å². The third-order valence-electron chi connectivity index (χ3n) is 3.78. The van der Waals surface area contributed by atoms with Crippen LogP contribution in [0, 0.1) is 5.92 Å². The summed E-state index contributed by atoms with van der Waals surface area (Å²) in [6.07, 6.45) is 0. The monoisotopic (exact) mass is 305 g/mol. The molecule has 0 bridgehead atoms. The Morgan fingerprint density at radius 3 is 1.91 bits per heavy atom. The first-order valence-electron chi connectivity index (χ1n) is 7.66. The number of benzene rings is 1. The van der Waals surface area contributed by atoms with E-state index in [2.05, 4.69) is 36.6 Å². The topological polar surface area (TPSA) is 61.4 Å². The van der Waals surface area contributed by atoms with Gasteiger partial charge in [-0.3, -0.25) is 14.5 Å². The van der Waals surface area contributed by atoms with Gasteiger partial charge in [-0.05, 0) is 17.4 Å². The van der Waals surface area contributed by atoms with Crippen LogP contribution in [0.4, 0.5) is 0 Å². The van der Waals surface area contributed by atoms with E-state index in [4.69, 9.17) is 0 Å². The number of hydrogen-bond acceptors (Lipinski definition) is 3. The van der Waals surface area contributed by atoms with Gasteiger partial charge in [0.15, 0.2) is 0 Å². The molecule has 0 aromatic heterocycles. The quantitative estimate of drug-likeness (QED) is 0.759. The molecule has 1 aromatic carbocycles. The number of rotatable bonds is 8. The largest absolute Gasteiger partial charge is 0.358 e. The normalized spacial score (nSPS) is 12.3. The van der Waals surface area contributed by atoms with E-state index in [1.165, 1.54) is 5.56 Å². The molecular weight excluding hydrogens is 278 g/mol. The minimum absolute atomic E-state index is 0.0838. The van der Waals surface area contributed by atoms with Crippen molar-refractivity contribution in [2.24, 2.45) is 5.92 Å². The van der Waals surface area contributed by atoms with Crippen molar-refractivity contribution in [3.63, 3.8) is 0 Å². The van der Waals surface area contributed by atoms with Crippen LogP contribution in [-0.2, 0) is 9.59 Å². The summed E-state index contributed by atoms with van der Waals surface area (Å²) < 4.78 is 0. The van der Waals surface area contributed by atoms with E-state index in [-0.39, 0.29) is 30.8 Å². The van der Waals surface area contributed by atoms with Crippen LogP contribution in [0.15, 0.2) is 30.3 Å². The third kappa shape index (κ3) is 5.85. The van der Waals surface area contributed by atoms with Gasteiger partial charge in [-0.15, -0.1) is 0 Å². The Labute approximate surface area is 133 Å². The first kappa shape index (κ1) is 18.2. The van der Waals surface area contributed by atoms with Gasteiger partial charge in [-0.25, -0.2) is 0 Å². The summed E-state index contributed by atoms with van der Waals surface area (Å²) in [6.45, 7) is 5.44. The van der Waals surface area contributed by atoms with Gasteiger partial charge in [0.2, 0.25) is 11.8 Å². The molecule has 2 N–H and O–H groups in total. The molecule has 0 aliphatic rings. The molecule has 122 valence electrons. The molecule has 0 radical (unpaired) electrons. The summed E-state index contributed by atoms with van der Waals surface area (Å²) in [4.78, 5) is 25.3. The number of hydrogen-bond donors (Lipinski definition) is 2. The minimum atomic E-state index is -0.0838. The Hall–Kier alpha value is -1.88. The van der Waals surface area contributed by atoms with Crippen molar-refractivity contribution in [3.05, 3.63) is 35.9 Å². The van der Waals surface area contributed by atoms with E-state index in [1.54, 1.807) is 14.1 Å². The lowest BCUT2D eigenvalue weighted by Gasteiger charge is -2.29. The number of amides is 2. The van der Waals surface area contributed by atoms with E-state index >= 15 is 0 Å². The molecule has 0 aliphatic heterocycles. The molecule has 0 aliphatic carbocycles. The van der Waals surface area contributed by atoms with E-state index in [1.807, 2.05) is 23.1 Å². The SMILES string of the molecule is CNC(=O)CN(CC(=O)NC)C[C@H](c1ccccc1)C(C)C. The summed E-state index contributed by atoms with van der Waals surface area (Å²) in [5.41, 5.74) is 1.23. The maximum Gasteiger partial charge on any atom is 0.233 e. The van der Waals surface area contributed by atoms with Crippen LogP contribution in [0.1, 0.15) is 25.3 Å². The van der Waals surface area contributed by atoms with Gasteiger partial charge in [0.25, 0.3) is 0 Å². The Bertz CT molecular complexity index is 456. The van der Waals surface area contributed by atoms with Gasteiger partial charge in [-0.1, -0.05) is 44.2 Å². The summed E-state index contributed by atoms with van der Waals surface area (Å²) >= 11 is 0. The highest BCUT2D eigenvalue weighted by Gasteiger charge is 2.22.